The lowest BCUT2D eigenvalue weighted by Gasteiger charge is -2.13. The Labute approximate surface area is 222 Å². The molecule has 0 bridgehead atoms. The van der Waals surface area contributed by atoms with Crippen LogP contribution in [0.2, 0.25) is 10.0 Å². The molecule has 0 atom stereocenters. The second-order valence-electron chi connectivity index (χ2n) is 7.78. The normalized spacial score (nSPS) is 15.0. The van der Waals surface area contributed by atoms with E-state index in [9.17, 15) is 18.0 Å². The zero-order valence-electron chi connectivity index (χ0n) is 19.0. The van der Waals surface area contributed by atoms with Gasteiger partial charge in [0, 0.05) is 0 Å². The zero-order valence-corrected chi connectivity index (χ0v) is 22.2. The van der Waals surface area contributed by atoms with Gasteiger partial charge in [-0.05, 0) is 72.3 Å². The number of rotatable bonds is 7. The standard InChI is InChI=1S/C25H19Cl2NO6S2/c1-15-3-7-18(8-4-15)36(31,32)34-21-10-6-16(12-22(21)33-2)13-23-24(29)28(25(30)35-23)14-17-5-9-19(26)20(27)11-17/h3-13H,14H2,1-2H3/b23-13-. The van der Waals surface area contributed by atoms with Crippen molar-refractivity contribution in [2.75, 3.05) is 7.11 Å². The van der Waals surface area contributed by atoms with Crippen LogP contribution in [0.4, 0.5) is 4.79 Å². The Morgan fingerprint density at radius 2 is 1.67 bits per heavy atom. The van der Waals surface area contributed by atoms with Crippen molar-refractivity contribution in [2.24, 2.45) is 0 Å². The maximum absolute atomic E-state index is 12.9. The number of ether oxygens (including phenoxy) is 1. The van der Waals surface area contributed by atoms with Crippen molar-refractivity contribution < 1.29 is 26.9 Å². The van der Waals surface area contributed by atoms with Crippen molar-refractivity contribution in [3.8, 4) is 11.5 Å². The van der Waals surface area contributed by atoms with Crippen LogP contribution in [-0.4, -0.2) is 31.6 Å². The van der Waals surface area contributed by atoms with Gasteiger partial charge in [-0.3, -0.25) is 14.5 Å². The molecule has 0 saturated carbocycles. The van der Waals surface area contributed by atoms with Crippen LogP contribution in [0.15, 0.2) is 70.5 Å². The van der Waals surface area contributed by atoms with Gasteiger partial charge in [0.05, 0.1) is 28.6 Å². The summed E-state index contributed by atoms with van der Waals surface area (Å²) < 4.78 is 35.9. The minimum absolute atomic E-state index is 0.00915. The van der Waals surface area contributed by atoms with E-state index in [1.54, 1.807) is 36.4 Å². The molecule has 0 aromatic heterocycles. The van der Waals surface area contributed by atoms with E-state index in [0.717, 1.165) is 22.2 Å². The van der Waals surface area contributed by atoms with E-state index < -0.39 is 21.3 Å². The molecule has 1 aliphatic heterocycles. The molecule has 2 amide bonds. The van der Waals surface area contributed by atoms with E-state index in [2.05, 4.69) is 0 Å². The highest BCUT2D eigenvalue weighted by Crippen LogP contribution is 2.36. The molecule has 11 heteroatoms. The first-order valence-electron chi connectivity index (χ1n) is 10.5. The molecule has 0 N–H and O–H groups in total. The van der Waals surface area contributed by atoms with Crippen molar-refractivity contribution in [1.29, 1.82) is 0 Å². The van der Waals surface area contributed by atoms with Crippen molar-refractivity contribution in [2.45, 2.75) is 18.4 Å². The molecule has 1 heterocycles. The fourth-order valence-electron chi connectivity index (χ4n) is 3.32. The van der Waals surface area contributed by atoms with Crippen LogP contribution >= 0.6 is 35.0 Å². The Morgan fingerprint density at radius 3 is 2.33 bits per heavy atom. The Hall–Kier alpha value is -2.98. The maximum Gasteiger partial charge on any atom is 0.339 e. The molecule has 3 aromatic carbocycles. The number of amides is 2. The van der Waals surface area contributed by atoms with Crippen LogP contribution in [0, 0.1) is 6.92 Å². The number of benzene rings is 3. The van der Waals surface area contributed by atoms with E-state index in [-0.39, 0.29) is 27.8 Å². The predicted molar refractivity (Wildman–Crippen MR) is 140 cm³/mol. The summed E-state index contributed by atoms with van der Waals surface area (Å²) in [5.41, 5.74) is 2.09. The minimum atomic E-state index is -4.08. The van der Waals surface area contributed by atoms with E-state index in [0.29, 0.717) is 21.2 Å². The first-order chi connectivity index (χ1) is 17.1. The number of aryl methyl sites for hydroxylation is 1. The summed E-state index contributed by atoms with van der Waals surface area (Å²) in [4.78, 5) is 26.7. The van der Waals surface area contributed by atoms with Gasteiger partial charge in [0.2, 0.25) is 0 Å². The number of carbonyl (C=O) groups excluding carboxylic acids is 2. The average molecular weight is 564 g/mol. The van der Waals surface area contributed by atoms with Gasteiger partial charge in [-0.15, -0.1) is 0 Å². The highest BCUT2D eigenvalue weighted by atomic mass is 35.5. The first-order valence-corrected chi connectivity index (χ1v) is 13.4. The summed E-state index contributed by atoms with van der Waals surface area (Å²) in [5, 5.41) is 0.284. The highest BCUT2D eigenvalue weighted by molar-refractivity contribution is 8.18. The summed E-state index contributed by atoms with van der Waals surface area (Å²) in [6.07, 6.45) is 1.53. The zero-order chi connectivity index (χ0) is 26.0. The van der Waals surface area contributed by atoms with Crippen LogP contribution in [0.1, 0.15) is 16.7 Å². The van der Waals surface area contributed by atoms with E-state index >= 15 is 0 Å². The first kappa shape index (κ1) is 26.1. The number of nitrogens with zero attached hydrogens (tertiary/aromatic N) is 1. The highest BCUT2D eigenvalue weighted by Gasteiger charge is 2.35. The molecule has 3 aromatic rings. The number of thioether (sulfide) groups is 1. The molecule has 4 rings (SSSR count). The van der Waals surface area contributed by atoms with Crippen LogP contribution < -0.4 is 8.92 Å². The quantitative estimate of drug-likeness (QED) is 0.245. The van der Waals surface area contributed by atoms with Crippen molar-refractivity contribution >= 4 is 62.3 Å². The second-order valence-corrected chi connectivity index (χ2v) is 11.1. The van der Waals surface area contributed by atoms with Gasteiger partial charge >= 0.3 is 10.1 Å². The molecule has 1 saturated heterocycles. The van der Waals surface area contributed by atoms with Crippen LogP contribution in [0.5, 0.6) is 11.5 Å². The molecule has 0 unspecified atom stereocenters. The number of hydrogen-bond donors (Lipinski definition) is 0. The smallest absolute Gasteiger partial charge is 0.339 e. The Morgan fingerprint density at radius 1 is 0.944 bits per heavy atom. The summed E-state index contributed by atoms with van der Waals surface area (Å²) in [6, 6.07) is 15.7. The van der Waals surface area contributed by atoms with Crippen LogP contribution in [-0.2, 0) is 21.5 Å². The lowest BCUT2D eigenvalue weighted by atomic mass is 10.1. The molecule has 36 heavy (non-hydrogen) atoms. The Balaban J connectivity index is 1.54. The number of imide groups is 1. The lowest BCUT2D eigenvalue weighted by Crippen LogP contribution is -2.27. The molecule has 0 spiro atoms. The van der Waals surface area contributed by atoms with Gasteiger partial charge in [-0.25, -0.2) is 0 Å². The average Bonchev–Trinajstić information content (AvgIpc) is 3.09. The van der Waals surface area contributed by atoms with Gasteiger partial charge in [0.25, 0.3) is 11.1 Å². The monoisotopic (exact) mass is 563 g/mol. The maximum atomic E-state index is 12.9. The summed E-state index contributed by atoms with van der Waals surface area (Å²) in [5.74, 6) is -0.324. The third-order valence-corrected chi connectivity index (χ3v) is 8.09. The van der Waals surface area contributed by atoms with Gasteiger partial charge in [-0.2, -0.15) is 8.42 Å². The molecule has 186 valence electrons. The number of methoxy groups -OCH3 is 1. The van der Waals surface area contributed by atoms with Crippen molar-refractivity contribution in [1.82, 2.24) is 4.90 Å². The lowest BCUT2D eigenvalue weighted by molar-refractivity contribution is -0.123. The largest absolute Gasteiger partial charge is 0.493 e. The molecule has 1 fully saturated rings. The van der Waals surface area contributed by atoms with Gasteiger partial charge < -0.3 is 8.92 Å². The molecule has 1 aliphatic rings. The topological polar surface area (TPSA) is 90.0 Å². The predicted octanol–water partition coefficient (Wildman–Crippen LogP) is 6.31. The summed E-state index contributed by atoms with van der Waals surface area (Å²) in [6.45, 7) is 1.90. The van der Waals surface area contributed by atoms with Crippen LogP contribution in [0.3, 0.4) is 0 Å². The Kier molecular flexibility index (Phi) is 7.65. The van der Waals surface area contributed by atoms with Gasteiger partial charge in [-0.1, -0.05) is 53.0 Å². The summed E-state index contributed by atoms with van der Waals surface area (Å²) in [7, 11) is -2.71. The summed E-state index contributed by atoms with van der Waals surface area (Å²) >= 11 is 12.8. The molecule has 7 nitrogen and oxygen atoms in total. The SMILES string of the molecule is COc1cc(/C=C2\SC(=O)N(Cc3ccc(Cl)c(Cl)c3)C2=O)ccc1OS(=O)(=O)c1ccc(C)cc1. The molecular formula is C25H19Cl2NO6S2. The number of halogens is 2. The number of hydrogen-bond acceptors (Lipinski definition) is 7. The van der Waals surface area contributed by atoms with Crippen molar-refractivity contribution in [3.63, 3.8) is 0 Å². The Bertz CT molecular complexity index is 1490. The molecular weight excluding hydrogens is 545 g/mol. The van der Waals surface area contributed by atoms with Gasteiger partial charge in [0.1, 0.15) is 4.90 Å². The third kappa shape index (κ3) is 5.70. The van der Waals surface area contributed by atoms with E-state index in [1.165, 1.54) is 37.5 Å². The van der Waals surface area contributed by atoms with Crippen LogP contribution in [0.25, 0.3) is 6.08 Å². The minimum Gasteiger partial charge on any atom is -0.493 e. The molecule has 0 radical (unpaired) electrons. The number of carbonyl (C=O) groups is 2. The van der Waals surface area contributed by atoms with Crippen molar-refractivity contribution in [3.05, 3.63) is 92.3 Å². The molecule has 0 aliphatic carbocycles. The van der Waals surface area contributed by atoms with Gasteiger partial charge in [0.15, 0.2) is 11.5 Å². The fraction of sp³-hybridized carbons (Fsp3) is 0.120. The van der Waals surface area contributed by atoms with E-state index in [1.807, 2.05) is 6.92 Å². The van der Waals surface area contributed by atoms with E-state index in [4.69, 9.17) is 32.1 Å². The fourth-order valence-corrected chi connectivity index (χ4v) is 5.42. The third-order valence-electron chi connectivity index (χ3n) is 5.19. The second kappa shape index (κ2) is 10.6.